The van der Waals surface area contributed by atoms with Crippen LogP contribution in [0, 0.1) is 6.92 Å². The molecule has 0 bridgehead atoms. The van der Waals surface area contributed by atoms with Crippen molar-refractivity contribution in [3.8, 4) is 0 Å². The molecule has 0 radical (unpaired) electrons. The summed E-state index contributed by atoms with van der Waals surface area (Å²) >= 11 is 8.96. The number of aromatic nitrogens is 1. The molecule has 0 unspecified atom stereocenters. The molecule has 0 spiro atoms. The van der Waals surface area contributed by atoms with Crippen LogP contribution in [0.1, 0.15) is 31.2 Å². The van der Waals surface area contributed by atoms with Crippen molar-refractivity contribution in [2.45, 2.75) is 37.3 Å². The predicted molar refractivity (Wildman–Crippen MR) is 115 cm³/mol. The first kappa shape index (κ1) is 21.9. The lowest BCUT2D eigenvalue weighted by Gasteiger charge is -2.19. The van der Waals surface area contributed by atoms with Crippen LogP contribution in [-0.4, -0.2) is 28.3 Å². The Morgan fingerprint density at radius 2 is 2.15 bits per heavy atom. The van der Waals surface area contributed by atoms with Crippen LogP contribution in [-0.2, 0) is 10.6 Å². The summed E-state index contributed by atoms with van der Waals surface area (Å²) in [6.07, 6.45) is 3.73. The molecular weight excluding hydrogens is 402 g/mol. The van der Waals surface area contributed by atoms with Crippen molar-refractivity contribution >= 4 is 47.0 Å². The number of hydrogen-bond acceptors (Lipinski definition) is 5. The van der Waals surface area contributed by atoms with Crippen molar-refractivity contribution in [3.05, 3.63) is 52.8 Å². The molecule has 2 amide bonds. The number of benzene rings is 1. The van der Waals surface area contributed by atoms with Crippen molar-refractivity contribution in [1.29, 1.82) is 0 Å². The zero-order valence-electron chi connectivity index (χ0n) is 15.7. The van der Waals surface area contributed by atoms with Gasteiger partial charge in [0, 0.05) is 33.3 Å². The van der Waals surface area contributed by atoms with Crippen molar-refractivity contribution < 1.29 is 9.63 Å². The van der Waals surface area contributed by atoms with E-state index in [9.17, 15) is 4.79 Å². The van der Waals surface area contributed by atoms with Gasteiger partial charge in [0.1, 0.15) is 0 Å². The van der Waals surface area contributed by atoms with Crippen molar-refractivity contribution in [3.63, 3.8) is 0 Å². The number of carbonyl (C=O) groups excluding carboxylic acids is 1. The molecule has 27 heavy (non-hydrogen) atoms. The summed E-state index contributed by atoms with van der Waals surface area (Å²) < 4.78 is 1.27. The topological polar surface area (TPSA) is 54.5 Å². The Morgan fingerprint density at radius 3 is 2.85 bits per heavy atom. The lowest BCUT2D eigenvalue weighted by molar-refractivity contribution is -0.0360. The van der Waals surface area contributed by atoms with E-state index in [4.69, 9.17) is 16.4 Å². The van der Waals surface area contributed by atoms with E-state index in [1.54, 1.807) is 18.0 Å². The number of anilines is 1. The fraction of sp³-hybridized carbons (Fsp3) is 0.368. The zero-order valence-corrected chi connectivity index (χ0v) is 18.1. The predicted octanol–water partition coefficient (Wildman–Crippen LogP) is 6.18. The Hall–Kier alpha value is -1.41. The second-order valence-electron chi connectivity index (χ2n) is 5.79. The van der Waals surface area contributed by atoms with E-state index in [1.165, 1.54) is 16.4 Å². The van der Waals surface area contributed by atoms with E-state index in [-0.39, 0.29) is 6.03 Å². The largest absolute Gasteiger partial charge is 0.356 e. The third kappa shape index (κ3) is 7.62. The van der Waals surface area contributed by atoms with Crippen molar-refractivity contribution in [2.75, 3.05) is 18.2 Å². The summed E-state index contributed by atoms with van der Waals surface area (Å²) in [4.78, 5) is 23.3. The number of amides is 2. The SMILES string of the molecule is CCCCON(SC)C(=O)Nc1cccc(SCc2cc(Cl)cc(C)n2)c1. The highest BCUT2D eigenvalue weighted by molar-refractivity contribution is 7.98. The number of nitrogens with zero attached hydrogens (tertiary/aromatic N) is 2. The standard InChI is InChI=1S/C19H24ClN3O2S2/c1-4-5-9-25-23(26-3)19(24)22-16-7-6-8-18(12-16)27-13-17-11-15(20)10-14(2)21-17/h6-8,10-12H,4-5,9,13H2,1-3H3,(H,22,24). The number of aryl methyl sites for hydroxylation is 1. The number of hydrogen-bond donors (Lipinski definition) is 1. The Bertz CT molecular complexity index is 741. The van der Waals surface area contributed by atoms with Crippen LogP contribution in [0.25, 0.3) is 0 Å². The average molecular weight is 426 g/mol. The molecule has 0 atom stereocenters. The number of nitrogens with one attached hydrogen (secondary N) is 1. The first-order valence-electron chi connectivity index (χ1n) is 8.66. The van der Waals surface area contributed by atoms with E-state index in [0.29, 0.717) is 17.4 Å². The minimum Gasteiger partial charge on any atom is -0.305 e. The van der Waals surface area contributed by atoms with Gasteiger partial charge < -0.3 is 5.32 Å². The summed E-state index contributed by atoms with van der Waals surface area (Å²) in [5.41, 5.74) is 2.55. The Morgan fingerprint density at radius 1 is 1.33 bits per heavy atom. The lowest BCUT2D eigenvalue weighted by Crippen LogP contribution is -2.29. The molecule has 2 rings (SSSR count). The third-order valence-corrected chi connectivity index (χ3v) is 5.33. The van der Waals surface area contributed by atoms with Gasteiger partial charge in [0.05, 0.1) is 12.3 Å². The Labute approximate surface area is 174 Å². The fourth-order valence-corrected chi connectivity index (χ4v) is 3.76. The van der Waals surface area contributed by atoms with E-state index in [0.717, 1.165) is 34.8 Å². The number of pyridine rings is 1. The molecule has 146 valence electrons. The molecule has 2 aromatic rings. The molecule has 5 nitrogen and oxygen atoms in total. The second-order valence-corrected chi connectivity index (χ2v) is 7.97. The maximum atomic E-state index is 12.3. The molecule has 0 saturated carbocycles. The fourth-order valence-electron chi connectivity index (χ4n) is 2.24. The molecule has 0 aliphatic heterocycles. The van der Waals surface area contributed by atoms with Crippen LogP contribution in [0.4, 0.5) is 10.5 Å². The average Bonchev–Trinajstić information content (AvgIpc) is 2.63. The van der Waals surface area contributed by atoms with Crippen LogP contribution in [0.5, 0.6) is 0 Å². The molecule has 0 fully saturated rings. The van der Waals surface area contributed by atoms with E-state index in [2.05, 4.69) is 17.2 Å². The minimum absolute atomic E-state index is 0.298. The molecule has 1 N–H and O–H groups in total. The van der Waals surface area contributed by atoms with Gasteiger partial charge in [0.15, 0.2) is 0 Å². The summed E-state index contributed by atoms with van der Waals surface area (Å²) in [6, 6.07) is 11.1. The van der Waals surface area contributed by atoms with Gasteiger partial charge in [-0.1, -0.05) is 31.0 Å². The smallest absolute Gasteiger partial charge is 0.305 e. The van der Waals surface area contributed by atoms with Crippen molar-refractivity contribution in [1.82, 2.24) is 9.45 Å². The minimum atomic E-state index is -0.298. The quantitative estimate of drug-likeness (QED) is 0.225. The van der Waals surface area contributed by atoms with Crippen LogP contribution < -0.4 is 5.32 Å². The number of halogens is 1. The van der Waals surface area contributed by atoms with E-state index >= 15 is 0 Å². The first-order valence-corrected chi connectivity index (χ1v) is 11.2. The Kier molecular flexibility index (Phi) is 9.27. The van der Waals surface area contributed by atoms with Gasteiger partial charge in [-0.05, 0) is 55.6 Å². The Balaban J connectivity index is 1.94. The molecule has 8 heteroatoms. The molecule has 1 aromatic carbocycles. The number of urea groups is 1. The van der Waals surface area contributed by atoms with Crippen LogP contribution >= 0.6 is 35.3 Å². The van der Waals surface area contributed by atoms with Gasteiger partial charge in [0.2, 0.25) is 0 Å². The van der Waals surface area contributed by atoms with Gasteiger partial charge in [-0.3, -0.25) is 9.82 Å². The molecule has 0 aliphatic carbocycles. The highest BCUT2D eigenvalue weighted by Gasteiger charge is 2.14. The first-order chi connectivity index (χ1) is 13.0. The van der Waals surface area contributed by atoms with Gasteiger partial charge in [-0.25, -0.2) is 4.79 Å². The molecular formula is C19H24ClN3O2S2. The summed E-state index contributed by atoms with van der Waals surface area (Å²) in [5.74, 6) is 0.704. The highest BCUT2D eigenvalue weighted by atomic mass is 35.5. The maximum absolute atomic E-state index is 12.3. The molecule has 0 aliphatic rings. The van der Waals surface area contributed by atoms with E-state index in [1.807, 2.05) is 43.3 Å². The number of unbranched alkanes of at least 4 members (excludes halogenated alkanes) is 1. The lowest BCUT2D eigenvalue weighted by atomic mass is 10.3. The normalized spacial score (nSPS) is 10.7. The number of rotatable bonds is 9. The van der Waals surface area contributed by atoms with Crippen molar-refractivity contribution in [2.24, 2.45) is 0 Å². The van der Waals surface area contributed by atoms with Gasteiger partial charge in [0.25, 0.3) is 0 Å². The third-order valence-electron chi connectivity index (χ3n) is 3.48. The number of hydroxylamine groups is 1. The summed E-state index contributed by atoms with van der Waals surface area (Å²) in [7, 11) is 0. The molecule has 1 heterocycles. The van der Waals surface area contributed by atoms with Crippen LogP contribution in [0.15, 0.2) is 41.3 Å². The molecule has 1 aromatic heterocycles. The zero-order chi connectivity index (χ0) is 19.6. The molecule has 0 saturated heterocycles. The number of carbonyl (C=O) groups is 1. The summed E-state index contributed by atoms with van der Waals surface area (Å²) in [6.45, 7) is 4.53. The summed E-state index contributed by atoms with van der Waals surface area (Å²) in [5, 5.41) is 3.56. The number of thioether (sulfide) groups is 1. The second kappa shape index (κ2) is 11.4. The van der Waals surface area contributed by atoms with Gasteiger partial charge in [-0.15, -0.1) is 16.2 Å². The van der Waals surface area contributed by atoms with Gasteiger partial charge in [-0.2, -0.15) is 0 Å². The van der Waals surface area contributed by atoms with Crippen LogP contribution in [0.3, 0.4) is 0 Å². The maximum Gasteiger partial charge on any atom is 0.356 e. The van der Waals surface area contributed by atoms with Crippen LogP contribution in [0.2, 0.25) is 5.02 Å². The van der Waals surface area contributed by atoms with Gasteiger partial charge >= 0.3 is 6.03 Å². The monoisotopic (exact) mass is 425 g/mol. The van der Waals surface area contributed by atoms with E-state index < -0.39 is 0 Å². The highest BCUT2D eigenvalue weighted by Crippen LogP contribution is 2.26.